The van der Waals surface area contributed by atoms with Crippen LogP contribution in [0.3, 0.4) is 0 Å². The second-order valence-corrected chi connectivity index (χ2v) is 9.54. The molecule has 1 aliphatic rings. The van der Waals surface area contributed by atoms with Gasteiger partial charge in [0.2, 0.25) is 17.7 Å². The Morgan fingerprint density at radius 1 is 0.892 bits per heavy atom. The van der Waals surface area contributed by atoms with Gasteiger partial charge in [-0.3, -0.25) is 14.4 Å². The van der Waals surface area contributed by atoms with Crippen LogP contribution in [0.2, 0.25) is 0 Å². The average molecular weight is 500 g/mol. The predicted molar refractivity (Wildman–Crippen MR) is 141 cm³/mol. The largest absolute Gasteiger partial charge is 0.391 e. The topological polar surface area (TPSA) is 89.9 Å². The van der Waals surface area contributed by atoms with Gasteiger partial charge in [0.25, 0.3) is 0 Å². The molecular formula is C30H33N3O4. The Hall–Kier alpha value is -3.97. The van der Waals surface area contributed by atoms with Crippen molar-refractivity contribution in [2.24, 2.45) is 0 Å². The quantitative estimate of drug-likeness (QED) is 0.474. The van der Waals surface area contributed by atoms with Crippen molar-refractivity contribution < 1.29 is 19.5 Å². The summed E-state index contributed by atoms with van der Waals surface area (Å²) in [6.07, 6.45) is -0.195. The zero-order valence-electron chi connectivity index (χ0n) is 21.0. The predicted octanol–water partition coefficient (Wildman–Crippen LogP) is 2.58. The van der Waals surface area contributed by atoms with Crippen LogP contribution in [0.25, 0.3) is 0 Å². The van der Waals surface area contributed by atoms with Crippen molar-refractivity contribution >= 4 is 17.7 Å². The zero-order valence-corrected chi connectivity index (χ0v) is 21.0. The molecule has 2 N–H and O–H groups in total. The van der Waals surface area contributed by atoms with Crippen molar-refractivity contribution in [3.05, 3.63) is 108 Å². The molecule has 3 aromatic carbocycles. The summed E-state index contributed by atoms with van der Waals surface area (Å²) in [5, 5.41) is 13.2. The molecule has 4 rings (SSSR count). The number of amides is 3. The van der Waals surface area contributed by atoms with Gasteiger partial charge in [0.05, 0.1) is 12.5 Å². The number of carbonyl (C=O) groups excluding carboxylic acids is 3. The Labute approximate surface area is 217 Å². The molecule has 0 spiro atoms. The molecule has 192 valence electrons. The second kappa shape index (κ2) is 12.3. The molecule has 0 unspecified atom stereocenters. The smallest absolute Gasteiger partial charge is 0.245 e. The number of aliphatic hydroxyl groups is 1. The Bertz CT molecular complexity index is 1190. The van der Waals surface area contributed by atoms with E-state index >= 15 is 0 Å². The van der Waals surface area contributed by atoms with Crippen molar-refractivity contribution in [1.82, 2.24) is 15.1 Å². The highest BCUT2D eigenvalue weighted by atomic mass is 16.3. The first kappa shape index (κ1) is 26.1. The van der Waals surface area contributed by atoms with E-state index in [-0.39, 0.29) is 31.2 Å². The summed E-state index contributed by atoms with van der Waals surface area (Å²) in [6.45, 7) is 0.500. The van der Waals surface area contributed by atoms with Crippen LogP contribution in [0.4, 0.5) is 0 Å². The highest BCUT2D eigenvalue weighted by Crippen LogP contribution is 2.20. The van der Waals surface area contributed by atoms with E-state index < -0.39 is 24.1 Å². The van der Waals surface area contributed by atoms with Gasteiger partial charge in [-0.05, 0) is 16.7 Å². The van der Waals surface area contributed by atoms with E-state index in [1.165, 1.54) is 4.90 Å². The highest BCUT2D eigenvalue weighted by Gasteiger charge is 2.40. The van der Waals surface area contributed by atoms with Gasteiger partial charge in [-0.1, -0.05) is 91.0 Å². The lowest BCUT2D eigenvalue weighted by atomic mass is 10.0. The van der Waals surface area contributed by atoms with E-state index in [0.717, 1.165) is 16.7 Å². The monoisotopic (exact) mass is 499 g/mol. The molecule has 0 radical (unpaired) electrons. The van der Waals surface area contributed by atoms with Crippen LogP contribution in [0.5, 0.6) is 0 Å². The maximum atomic E-state index is 13.5. The van der Waals surface area contributed by atoms with Crippen LogP contribution < -0.4 is 5.32 Å². The molecule has 1 fully saturated rings. The molecule has 0 aliphatic carbocycles. The van der Waals surface area contributed by atoms with Crippen LogP contribution in [0.1, 0.15) is 23.1 Å². The highest BCUT2D eigenvalue weighted by molar-refractivity contribution is 5.93. The number of rotatable bonds is 9. The summed E-state index contributed by atoms with van der Waals surface area (Å²) >= 11 is 0. The van der Waals surface area contributed by atoms with Crippen molar-refractivity contribution in [3.63, 3.8) is 0 Å². The molecule has 3 aromatic rings. The molecule has 0 saturated carbocycles. The third-order valence-electron chi connectivity index (χ3n) is 6.64. The normalized spacial score (nSPS) is 17.7. The number of carbonyl (C=O) groups is 3. The third-order valence-corrected chi connectivity index (χ3v) is 6.64. The van der Waals surface area contributed by atoms with E-state index in [0.29, 0.717) is 13.0 Å². The van der Waals surface area contributed by atoms with E-state index in [9.17, 15) is 19.5 Å². The number of likely N-dealkylation sites (N-methyl/N-ethyl adjacent to an activating group) is 1. The minimum atomic E-state index is -0.836. The Morgan fingerprint density at radius 2 is 1.43 bits per heavy atom. The molecule has 7 nitrogen and oxygen atoms in total. The number of β-amino-alcohol motifs (C(OH)–C–C–N with tert-alkyl or cyclic N) is 1. The third kappa shape index (κ3) is 7.05. The second-order valence-electron chi connectivity index (χ2n) is 9.54. The molecular weight excluding hydrogens is 466 g/mol. The molecule has 3 atom stereocenters. The molecule has 1 aliphatic heterocycles. The molecule has 7 heteroatoms. The molecule has 0 bridgehead atoms. The molecule has 0 aromatic heterocycles. The SMILES string of the molecule is CN(Cc1ccccc1)C(=O)[C@H](Cc1ccccc1)NC(=O)[C@@H]1C[C@@H](O)CN1C(=O)Cc1ccccc1. The van der Waals surface area contributed by atoms with E-state index in [2.05, 4.69) is 5.32 Å². The molecule has 1 heterocycles. The van der Waals surface area contributed by atoms with Gasteiger partial charge in [0, 0.05) is 33.0 Å². The van der Waals surface area contributed by atoms with Crippen molar-refractivity contribution in [1.29, 1.82) is 0 Å². The van der Waals surface area contributed by atoms with Crippen LogP contribution in [0.15, 0.2) is 91.0 Å². The number of hydrogen-bond acceptors (Lipinski definition) is 4. The van der Waals surface area contributed by atoms with E-state index in [1.54, 1.807) is 11.9 Å². The van der Waals surface area contributed by atoms with Crippen molar-refractivity contribution in [2.75, 3.05) is 13.6 Å². The Balaban J connectivity index is 1.49. The van der Waals surface area contributed by atoms with Gasteiger partial charge in [-0.2, -0.15) is 0 Å². The van der Waals surface area contributed by atoms with Crippen molar-refractivity contribution in [2.45, 2.75) is 44.0 Å². The number of likely N-dealkylation sites (tertiary alicyclic amines) is 1. The van der Waals surface area contributed by atoms with E-state index in [1.807, 2.05) is 91.0 Å². The molecule has 3 amide bonds. The maximum Gasteiger partial charge on any atom is 0.245 e. The maximum absolute atomic E-state index is 13.5. The standard InChI is InChI=1S/C30H33N3O4/c1-32(20-24-15-9-4-10-16-24)30(37)26(17-22-11-5-2-6-12-22)31-29(36)27-19-25(34)21-33(27)28(35)18-23-13-7-3-8-14-23/h2-16,25-27,34H,17-21H2,1H3,(H,31,36)/t25-,26+,27+/m1/s1. The van der Waals surface area contributed by atoms with Gasteiger partial charge in [-0.25, -0.2) is 0 Å². The lowest BCUT2D eigenvalue weighted by molar-refractivity contribution is -0.140. The molecule has 37 heavy (non-hydrogen) atoms. The van der Waals surface area contributed by atoms with Gasteiger partial charge in [-0.15, -0.1) is 0 Å². The minimum Gasteiger partial charge on any atom is -0.391 e. The summed E-state index contributed by atoms with van der Waals surface area (Å²) < 4.78 is 0. The lowest BCUT2D eigenvalue weighted by Gasteiger charge is -2.28. The number of nitrogens with one attached hydrogen (secondary N) is 1. The fraction of sp³-hybridized carbons (Fsp3) is 0.300. The lowest BCUT2D eigenvalue weighted by Crippen LogP contribution is -2.54. The van der Waals surface area contributed by atoms with Crippen LogP contribution in [-0.2, 0) is 33.8 Å². The van der Waals surface area contributed by atoms with Crippen molar-refractivity contribution in [3.8, 4) is 0 Å². The average Bonchev–Trinajstić information content (AvgIpc) is 3.31. The van der Waals surface area contributed by atoms with Crippen LogP contribution in [-0.4, -0.2) is 64.4 Å². The van der Waals surface area contributed by atoms with Gasteiger partial charge >= 0.3 is 0 Å². The van der Waals surface area contributed by atoms with Gasteiger partial charge in [0.15, 0.2) is 0 Å². The minimum absolute atomic E-state index is 0.0922. The first-order chi connectivity index (χ1) is 17.9. The summed E-state index contributed by atoms with van der Waals surface area (Å²) in [6, 6.07) is 26.8. The zero-order chi connectivity index (χ0) is 26.2. The Morgan fingerprint density at radius 3 is 2.03 bits per heavy atom. The van der Waals surface area contributed by atoms with Gasteiger partial charge < -0.3 is 20.2 Å². The first-order valence-electron chi connectivity index (χ1n) is 12.6. The van der Waals surface area contributed by atoms with Crippen LogP contribution >= 0.6 is 0 Å². The fourth-order valence-electron chi connectivity index (χ4n) is 4.73. The first-order valence-corrected chi connectivity index (χ1v) is 12.6. The number of aliphatic hydroxyl groups excluding tert-OH is 1. The summed E-state index contributed by atoms with van der Waals surface area (Å²) in [5.41, 5.74) is 2.74. The van der Waals surface area contributed by atoms with E-state index in [4.69, 9.17) is 0 Å². The van der Waals surface area contributed by atoms with Crippen LogP contribution in [0, 0.1) is 0 Å². The Kier molecular flexibility index (Phi) is 8.69. The summed E-state index contributed by atoms with van der Waals surface area (Å²) in [5.74, 6) is -0.878. The number of hydrogen-bond donors (Lipinski definition) is 2. The summed E-state index contributed by atoms with van der Waals surface area (Å²) in [7, 11) is 1.72. The summed E-state index contributed by atoms with van der Waals surface area (Å²) in [4.78, 5) is 43.1. The van der Waals surface area contributed by atoms with Gasteiger partial charge in [0.1, 0.15) is 12.1 Å². The molecule has 1 saturated heterocycles. The fourth-order valence-corrected chi connectivity index (χ4v) is 4.73. The number of benzene rings is 3. The number of nitrogens with zero attached hydrogens (tertiary/aromatic N) is 2.